The summed E-state index contributed by atoms with van der Waals surface area (Å²) >= 11 is 0. The zero-order valence-corrected chi connectivity index (χ0v) is 6.09. The normalized spacial score (nSPS) is 8.91. The molecule has 6 nitrogen and oxygen atoms in total. The van der Waals surface area contributed by atoms with Gasteiger partial charge in [-0.2, -0.15) is 0 Å². The summed E-state index contributed by atoms with van der Waals surface area (Å²) in [6.07, 6.45) is 0.185. The van der Waals surface area contributed by atoms with E-state index in [1.807, 2.05) is 0 Å². The Labute approximate surface area is 64.3 Å². The van der Waals surface area contributed by atoms with E-state index >= 15 is 0 Å². The second-order valence-electron chi connectivity index (χ2n) is 1.84. The molecule has 0 aromatic heterocycles. The molecule has 0 atom stereocenters. The van der Waals surface area contributed by atoms with Gasteiger partial charge in [0.15, 0.2) is 0 Å². The summed E-state index contributed by atoms with van der Waals surface area (Å²) in [5, 5.41) is 0. The molecule has 0 unspecified atom stereocenters. The lowest BCUT2D eigenvalue weighted by Gasteiger charge is -2.03. The number of hydrogen-bond donors (Lipinski definition) is 4. The zero-order chi connectivity index (χ0) is 8.69. The Kier molecular flexibility index (Phi) is 5.05. The van der Waals surface area contributed by atoms with Crippen LogP contribution in [-0.2, 0) is 9.59 Å². The molecule has 0 spiro atoms. The third-order valence-corrected chi connectivity index (χ3v) is 0.898. The maximum Gasteiger partial charge on any atom is 0.252 e. The topological polar surface area (TPSA) is 110 Å². The average molecular weight is 160 g/mol. The molecule has 64 valence electrons. The van der Waals surface area contributed by atoms with Gasteiger partial charge in [-0.05, 0) is 0 Å². The highest BCUT2D eigenvalue weighted by molar-refractivity contribution is 5.82. The summed E-state index contributed by atoms with van der Waals surface area (Å²) in [5.74, 6) is -0.760. The molecule has 0 aliphatic rings. The van der Waals surface area contributed by atoms with E-state index in [0.717, 1.165) is 0 Å². The Hall–Kier alpha value is -1.14. The Morgan fingerprint density at radius 1 is 1.09 bits per heavy atom. The fourth-order valence-electron chi connectivity index (χ4n) is 0.384. The van der Waals surface area contributed by atoms with Crippen molar-refractivity contribution in [3.8, 4) is 0 Å². The lowest BCUT2D eigenvalue weighted by Crippen LogP contribution is -2.44. The summed E-state index contributed by atoms with van der Waals surface area (Å²) in [6, 6.07) is 0. The number of nitrogens with two attached hydrogens (primary N) is 2. The fourth-order valence-corrected chi connectivity index (χ4v) is 0.384. The highest BCUT2D eigenvalue weighted by Gasteiger charge is 1.99. The van der Waals surface area contributed by atoms with E-state index in [9.17, 15) is 9.59 Å². The predicted molar refractivity (Wildman–Crippen MR) is 39.0 cm³/mol. The maximum atomic E-state index is 10.6. The molecular formula is C5H12N4O2. The Morgan fingerprint density at radius 2 is 1.64 bits per heavy atom. The van der Waals surface area contributed by atoms with Crippen molar-refractivity contribution in [1.29, 1.82) is 0 Å². The van der Waals surface area contributed by atoms with Gasteiger partial charge in [-0.3, -0.25) is 20.4 Å². The summed E-state index contributed by atoms with van der Waals surface area (Å²) in [4.78, 5) is 21.1. The third-order valence-electron chi connectivity index (χ3n) is 0.898. The van der Waals surface area contributed by atoms with Crippen molar-refractivity contribution < 1.29 is 9.59 Å². The minimum atomic E-state index is -0.435. The van der Waals surface area contributed by atoms with Gasteiger partial charge in [0.1, 0.15) is 0 Å². The summed E-state index contributed by atoms with van der Waals surface area (Å²) in [6.45, 7) is 0.104. The van der Waals surface area contributed by atoms with Crippen LogP contribution in [0.5, 0.6) is 0 Å². The molecule has 6 heteroatoms. The highest BCUT2D eigenvalue weighted by Crippen LogP contribution is 1.70. The molecule has 0 saturated heterocycles. The molecule has 0 fully saturated rings. The van der Waals surface area contributed by atoms with Crippen molar-refractivity contribution >= 4 is 11.8 Å². The first-order chi connectivity index (χ1) is 5.20. The number of amides is 2. The number of rotatable bonds is 3. The van der Waals surface area contributed by atoms with Gasteiger partial charge < -0.3 is 11.5 Å². The number of nitrogens with one attached hydrogen (secondary N) is 2. The molecule has 0 radical (unpaired) electrons. The summed E-state index contributed by atoms with van der Waals surface area (Å²) in [7, 11) is 0. The smallest absolute Gasteiger partial charge is 0.252 e. The van der Waals surface area contributed by atoms with Crippen LogP contribution in [0.4, 0.5) is 0 Å². The molecule has 0 aliphatic heterocycles. The first kappa shape index (κ1) is 9.86. The van der Waals surface area contributed by atoms with E-state index in [1.165, 1.54) is 0 Å². The molecule has 6 N–H and O–H groups in total. The van der Waals surface area contributed by atoms with Crippen LogP contribution in [0.2, 0.25) is 0 Å². The van der Waals surface area contributed by atoms with Gasteiger partial charge in [0.2, 0.25) is 5.91 Å². The summed E-state index contributed by atoms with van der Waals surface area (Å²) < 4.78 is 0. The Morgan fingerprint density at radius 3 is 2.09 bits per heavy atom. The van der Waals surface area contributed by atoms with E-state index in [0.29, 0.717) is 0 Å². The monoisotopic (exact) mass is 160 g/mol. The highest BCUT2D eigenvalue weighted by atomic mass is 16.2. The van der Waals surface area contributed by atoms with E-state index in [2.05, 4.69) is 10.9 Å². The van der Waals surface area contributed by atoms with Crippen LogP contribution in [0.25, 0.3) is 0 Å². The molecular weight excluding hydrogens is 148 g/mol. The van der Waals surface area contributed by atoms with Crippen LogP contribution >= 0.6 is 0 Å². The molecule has 0 rings (SSSR count). The predicted octanol–water partition coefficient (Wildman–Crippen LogP) is -2.56. The molecule has 0 bridgehead atoms. The van der Waals surface area contributed by atoms with Crippen molar-refractivity contribution in [2.75, 3.05) is 13.1 Å². The molecule has 0 aromatic rings. The van der Waals surface area contributed by atoms with Crippen molar-refractivity contribution in [3.05, 3.63) is 0 Å². The van der Waals surface area contributed by atoms with Crippen molar-refractivity contribution in [3.63, 3.8) is 0 Å². The van der Waals surface area contributed by atoms with E-state index in [1.54, 1.807) is 0 Å². The molecule has 0 aromatic carbocycles. The second kappa shape index (κ2) is 5.63. The van der Waals surface area contributed by atoms with Crippen molar-refractivity contribution in [1.82, 2.24) is 10.9 Å². The zero-order valence-electron chi connectivity index (χ0n) is 6.09. The number of hydrazine groups is 1. The maximum absolute atomic E-state index is 10.6. The van der Waals surface area contributed by atoms with Crippen LogP contribution in [0.3, 0.4) is 0 Å². The van der Waals surface area contributed by atoms with Gasteiger partial charge >= 0.3 is 0 Å². The van der Waals surface area contributed by atoms with E-state index in [-0.39, 0.29) is 25.4 Å². The minimum absolute atomic E-state index is 0.150. The Balaban J connectivity index is 3.38. The van der Waals surface area contributed by atoms with Gasteiger partial charge in [0, 0.05) is 13.0 Å². The first-order valence-corrected chi connectivity index (χ1v) is 3.18. The van der Waals surface area contributed by atoms with Crippen LogP contribution in [0, 0.1) is 0 Å². The number of hydrogen-bond acceptors (Lipinski definition) is 4. The quantitative estimate of drug-likeness (QED) is 0.340. The third kappa shape index (κ3) is 5.31. The van der Waals surface area contributed by atoms with Crippen LogP contribution < -0.4 is 22.3 Å². The van der Waals surface area contributed by atoms with Gasteiger partial charge in [0.05, 0.1) is 6.54 Å². The standard InChI is InChI=1S/C5H12N4O2/c6-2-1-4(10)8-9-5(11)3-7/h1-3,6-7H2,(H,8,10)(H,9,11). The van der Waals surface area contributed by atoms with Gasteiger partial charge in [-0.25, -0.2) is 0 Å². The second-order valence-corrected chi connectivity index (χ2v) is 1.84. The lowest BCUT2D eigenvalue weighted by molar-refractivity contribution is -0.128. The average Bonchev–Trinajstić information content (AvgIpc) is 2.01. The lowest BCUT2D eigenvalue weighted by atomic mass is 10.4. The SMILES string of the molecule is NCCC(=O)NNC(=O)CN. The van der Waals surface area contributed by atoms with Crippen molar-refractivity contribution in [2.24, 2.45) is 11.5 Å². The molecule has 0 aliphatic carbocycles. The molecule has 0 heterocycles. The minimum Gasteiger partial charge on any atom is -0.330 e. The largest absolute Gasteiger partial charge is 0.330 e. The number of carbonyl (C=O) groups is 2. The Bertz CT molecular complexity index is 147. The fraction of sp³-hybridized carbons (Fsp3) is 0.600. The molecule has 2 amide bonds. The van der Waals surface area contributed by atoms with Gasteiger partial charge in [0.25, 0.3) is 5.91 Å². The van der Waals surface area contributed by atoms with E-state index in [4.69, 9.17) is 11.5 Å². The number of carbonyl (C=O) groups excluding carboxylic acids is 2. The van der Waals surface area contributed by atoms with Gasteiger partial charge in [-0.1, -0.05) is 0 Å². The van der Waals surface area contributed by atoms with E-state index < -0.39 is 5.91 Å². The molecule has 11 heavy (non-hydrogen) atoms. The van der Waals surface area contributed by atoms with Crippen LogP contribution in [0.1, 0.15) is 6.42 Å². The van der Waals surface area contributed by atoms with Gasteiger partial charge in [-0.15, -0.1) is 0 Å². The van der Waals surface area contributed by atoms with Crippen LogP contribution in [-0.4, -0.2) is 24.9 Å². The summed E-state index contributed by atoms with van der Waals surface area (Å²) in [5.41, 5.74) is 14.2. The van der Waals surface area contributed by atoms with Crippen LogP contribution in [0.15, 0.2) is 0 Å². The van der Waals surface area contributed by atoms with Crippen molar-refractivity contribution in [2.45, 2.75) is 6.42 Å². The molecule has 0 saturated carbocycles. The first-order valence-electron chi connectivity index (χ1n) is 3.18.